The van der Waals surface area contributed by atoms with Crippen LogP contribution in [0.25, 0.3) is 10.8 Å². The van der Waals surface area contributed by atoms with E-state index in [-0.39, 0.29) is 5.91 Å². The second-order valence-corrected chi connectivity index (χ2v) is 7.20. The Kier molecular flexibility index (Phi) is 5.03. The lowest BCUT2D eigenvalue weighted by Gasteiger charge is -2.08. The predicted molar refractivity (Wildman–Crippen MR) is 103 cm³/mol. The number of aryl methyl sites for hydroxylation is 1. The maximum Gasteiger partial charge on any atom is 0.251 e. The molecule has 0 spiro atoms. The summed E-state index contributed by atoms with van der Waals surface area (Å²) in [7, 11) is 0. The summed E-state index contributed by atoms with van der Waals surface area (Å²) in [5, 5.41) is 6.84. The standard InChI is InChI=1S/C22H26N2O/c1-15(2)12-13-20-16(3)23-24(17(20)4)22(25)14-19-10-7-9-18-8-5-6-11-21(18)19/h5-11,15H,12-14H2,1-4H3. The minimum absolute atomic E-state index is 0.0350. The minimum atomic E-state index is 0.0350. The monoisotopic (exact) mass is 334 g/mol. The Labute approximate surface area is 149 Å². The SMILES string of the molecule is Cc1nn(C(=O)Cc2cccc3ccccc23)c(C)c1CCC(C)C. The van der Waals surface area contributed by atoms with Crippen molar-refractivity contribution in [3.8, 4) is 0 Å². The minimum Gasteiger partial charge on any atom is -0.272 e. The van der Waals surface area contributed by atoms with Crippen LogP contribution in [-0.4, -0.2) is 15.7 Å². The van der Waals surface area contributed by atoms with Crippen LogP contribution in [0.15, 0.2) is 42.5 Å². The Morgan fingerprint density at radius 1 is 1.08 bits per heavy atom. The lowest BCUT2D eigenvalue weighted by molar-refractivity contribution is 0.0896. The molecule has 25 heavy (non-hydrogen) atoms. The van der Waals surface area contributed by atoms with Gasteiger partial charge < -0.3 is 0 Å². The predicted octanol–water partition coefficient (Wildman–Crippen LogP) is 5.12. The van der Waals surface area contributed by atoms with Crippen LogP contribution in [0, 0.1) is 19.8 Å². The van der Waals surface area contributed by atoms with E-state index in [2.05, 4.69) is 37.1 Å². The summed E-state index contributed by atoms with van der Waals surface area (Å²) in [6.07, 6.45) is 2.47. The topological polar surface area (TPSA) is 34.9 Å². The molecule has 130 valence electrons. The number of benzene rings is 2. The first-order valence-corrected chi connectivity index (χ1v) is 9.02. The smallest absolute Gasteiger partial charge is 0.251 e. The van der Waals surface area contributed by atoms with Gasteiger partial charge in [-0.05, 0) is 54.5 Å². The Balaban J connectivity index is 1.87. The van der Waals surface area contributed by atoms with Gasteiger partial charge in [0.2, 0.25) is 0 Å². The third-order valence-corrected chi connectivity index (χ3v) is 4.87. The summed E-state index contributed by atoms with van der Waals surface area (Å²) < 4.78 is 1.60. The fourth-order valence-electron chi connectivity index (χ4n) is 3.40. The molecule has 0 bridgehead atoms. The van der Waals surface area contributed by atoms with E-state index in [1.54, 1.807) is 4.68 Å². The van der Waals surface area contributed by atoms with Gasteiger partial charge in [-0.2, -0.15) is 5.10 Å². The van der Waals surface area contributed by atoms with Crippen LogP contribution >= 0.6 is 0 Å². The van der Waals surface area contributed by atoms with Gasteiger partial charge in [0.05, 0.1) is 12.1 Å². The molecule has 0 atom stereocenters. The lowest BCUT2D eigenvalue weighted by Crippen LogP contribution is -2.17. The molecule has 0 radical (unpaired) electrons. The number of nitrogens with zero attached hydrogens (tertiary/aromatic N) is 2. The largest absolute Gasteiger partial charge is 0.272 e. The van der Waals surface area contributed by atoms with E-state index in [0.29, 0.717) is 12.3 Å². The van der Waals surface area contributed by atoms with Gasteiger partial charge in [-0.15, -0.1) is 0 Å². The number of aromatic nitrogens is 2. The molecule has 3 rings (SSSR count). The van der Waals surface area contributed by atoms with Gasteiger partial charge in [-0.3, -0.25) is 4.79 Å². The van der Waals surface area contributed by atoms with Crippen molar-refractivity contribution in [2.75, 3.05) is 0 Å². The Morgan fingerprint density at radius 3 is 2.56 bits per heavy atom. The molecular formula is C22H26N2O. The average molecular weight is 334 g/mol. The van der Waals surface area contributed by atoms with Crippen LogP contribution in [0.4, 0.5) is 0 Å². The highest BCUT2D eigenvalue weighted by Crippen LogP contribution is 2.21. The van der Waals surface area contributed by atoms with Crippen molar-refractivity contribution in [1.82, 2.24) is 9.78 Å². The molecular weight excluding hydrogens is 308 g/mol. The molecule has 0 aliphatic rings. The van der Waals surface area contributed by atoms with E-state index < -0.39 is 0 Å². The number of rotatable bonds is 5. The molecule has 0 amide bonds. The first kappa shape index (κ1) is 17.4. The van der Waals surface area contributed by atoms with Crippen LogP contribution in [0.3, 0.4) is 0 Å². The van der Waals surface area contributed by atoms with Crippen molar-refractivity contribution in [1.29, 1.82) is 0 Å². The molecule has 1 heterocycles. The maximum atomic E-state index is 12.9. The normalized spacial score (nSPS) is 11.4. The first-order chi connectivity index (χ1) is 12.0. The zero-order valence-electron chi connectivity index (χ0n) is 15.5. The molecule has 3 nitrogen and oxygen atoms in total. The molecule has 3 heteroatoms. The summed E-state index contributed by atoms with van der Waals surface area (Å²) >= 11 is 0. The maximum absolute atomic E-state index is 12.9. The summed E-state index contributed by atoms with van der Waals surface area (Å²) in [5.74, 6) is 0.682. The third kappa shape index (κ3) is 3.65. The van der Waals surface area contributed by atoms with Gasteiger partial charge in [0.1, 0.15) is 0 Å². The van der Waals surface area contributed by atoms with Crippen LogP contribution in [0.5, 0.6) is 0 Å². The van der Waals surface area contributed by atoms with Crippen molar-refractivity contribution >= 4 is 16.7 Å². The lowest BCUT2D eigenvalue weighted by atomic mass is 10.0. The van der Waals surface area contributed by atoms with Gasteiger partial charge in [0, 0.05) is 5.69 Å². The summed E-state index contributed by atoms with van der Waals surface area (Å²) in [6.45, 7) is 8.46. The van der Waals surface area contributed by atoms with E-state index in [9.17, 15) is 4.79 Å². The highest BCUT2D eigenvalue weighted by atomic mass is 16.2. The number of fused-ring (bicyclic) bond motifs is 1. The molecule has 0 aliphatic carbocycles. The van der Waals surface area contributed by atoms with E-state index in [0.717, 1.165) is 35.2 Å². The van der Waals surface area contributed by atoms with E-state index in [1.165, 1.54) is 10.9 Å². The molecule has 3 aromatic rings. The number of hydrogen-bond acceptors (Lipinski definition) is 2. The molecule has 0 N–H and O–H groups in total. The molecule has 0 unspecified atom stereocenters. The molecule has 0 saturated heterocycles. The third-order valence-electron chi connectivity index (χ3n) is 4.87. The molecule has 0 aliphatic heterocycles. The Hall–Kier alpha value is -2.42. The quantitative estimate of drug-likeness (QED) is 0.649. The van der Waals surface area contributed by atoms with E-state index in [4.69, 9.17) is 0 Å². The first-order valence-electron chi connectivity index (χ1n) is 9.02. The van der Waals surface area contributed by atoms with Crippen LogP contribution in [0.1, 0.15) is 47.6 Å². The molecule has 2 aromatic carbocycles. The number of carbonyl (C=O) groups excluding carboxylic acids is 1. The number of carbonyl (C=O) groups is 1. The van der Waals surface area contributed by atoms with Gasteiger partial charge in [-0.25, -0.2) is 4.68 Å². The van der Waals surface area contributed by atoms with Crippen LogP contribution in [-0.2, 0) is 12.8 Å². The fraction of sp³-hybridized carbons (Fsp3) is 0.364. The molecule has 0 fully saturated rings. The van der Waals surface area contributed by atoms with Crippen molar-refractivity contribution in [3.05, 3.63) is 65.0 Å². The van der Waals surface area contributed by atoms with Crippen molar-refractivity contribution < 1.29 is 4.79 Å². The average Bonchev–Trinajstić information content (AvgIpc) is 2.87. The van der Waals surface area contributed by atoms with Crippen molar-refractivity contribution in [2.45, 2.75) is 47.0 Å². The van der Waals surface area contributed by atoms with Crippen LogP contribution in [0.2, 0.25) is 0 Å². The summed E-state index contributed by atoms with van der Waals surface area (Å²) in [4.78, 5) is 12.9. The van der Waals surface area contributed by atoms with Gasteiger partial charge in [0.25, 0.3) is 5.91 Å². The van der Waals surface area contributed by atoms with Crippen molar-refractivity contribution in [3.63, 3.8) is 0 Å². The van der Waals surface area contributed by atoms with Gasteiger partial charge in [0.15, 0.2) is 0 Å². The van der Waals surface area contributed by atoms with Gasteiger partial charge >= 0.3 is 0 Å². The summed E-state index contributed by atoms with van der Waals surface area (Å²) in [6, 6.07) is 14.3. The van der Waals surface area contributed by atoms with Crippen molar-refractivity contribution in [2.24, 2.45) is 5.92 Å². The second-order valence-electron chi connectivity index (χ2n) is 7.20. The second kappa shape index (κ2) is 7.22. The zero-order valence-corrected chi connectivity index (χ0v) is 15.5. The van der Waals surface area contributed by atoms with Crippen LogP contribution < -0.4 is 0 Å². The highest BCUT2D eigenvalue weighted by molar-refractivity contribution is 5.91. The molecule has 0 saturated carbocycles. The van der Waals surface area contributed by atoms with E-state index >= 15 is 0 Å². The Bertz CT molecular complexity index is 900. The highest BCUT2D eigenvalue weighted by Gasteiger charge is 2.17. The number of hydrogen-bond donors (Lipinski definition) is 0. The Morgan fingerprint density at radius 2 is 1.80 bits per heavy atom. The van der Waals surface area contributed by atoms with Gasteiger partial charge in [-0.1, -0.05) is 56.3 Å². The zero-order chi connectivity index (χ0) is 18.0. The summed E-state index contributed by atoms with van der Waals surface area (Å²) in [5.41, 5.74) is 4.24. The van der Waals surface area contributed by atoms with E-state index in [1.807, 2.05) is 38.1 Å². The molecule has 1 aromatic heterocycles. The fourth-order valence-corrected chi connectivity index (χ4v) is 3.40.